The van der Waals surface area contributed by atoms with Crippen LogP contribution in [-0.2, 0) is 0 Å². The number of piperazine rings is 1. The Bertz CT molecular complexity index is 478. The van der Waals surface area contributed by atoms with Crippen LogP contribution >= 0.6 is 0 Å². The van der Waals surface area contributed by atoms with E-state index in [0.29, 0.717) is 0 Å². The normalized spacial score (nSPS) is 15.9. The van der Waals surface area contributed by atoms with Crippen molar-refractivity contribution in [3.05, 3.63) is 29.8 Å². The van der Waals surface area contributed by atoms with Gasteiger partial charge in [-0.05, 0) is 37.4 Å². The highest BCUT2D eigenvalue weighted by molar-refractivity contribution is 5.94. The van der Waals surface area contributed by atoms with Crippen LogP contribution < -0.4 is 4.74 Å². The molecule has 1 amide bonds. The highest BCUT2D eigenvalue weighted by Gasteiger charge is 2.22. The Hall–Kier alpha value is -1.59. The lowest BCUT2D eigenvalue weighted by molar-refractivity contribution is 0.0625. The van der Waals surface area contributed by atoms with E-state index in [-0.39, 0.29) is 5.91 Å². The van der Waals surface area contributed by atoms with Gasteiger partial charge in [0, 0.05) is 44.8 Å². The summed E-state index contributed by atoms with van der Waals surface area (Å²) < 4.78 is 5.14. The summed E-state index contributed by atoms with van der Waals surface area (Å²) in [4.78, 5) is 19.4. The molecule has 1 saturated heterocycles. The number of carbonyl (C=O) groups excluding carboxylic acids is 1. The number of rotatable bonds is 7. The topological polar surface area (TPSA) is 36.0 Å². The molecule has 1 aromatic carbocycles. The second-order valence-corrected chi connectivity index (χ2v) is 5.89. The standard InChI is InChI=1S/C18H29N3O2/c1-4-19(5-2)10-11-20-12-14-21(15-13-20)18(22)16-6-8-17(23-3)9-7-16/h6-9H,4-5,10-15H2,1-3H3. The molecule has 23 heavy (non-hydrogen) atoms. The van der Waals surface area contributed by atoms with Crippen LogP contribution in [0.2, 0.25) is 0 Å². The van der Waals surface area contributed by atoms with Crippen molar-refractivity contribution in [1.29, 1.82) is 0 Å². The third-order valence-electron chi connectivity index (χ3n) is 4.62. The summed E-state index contributed by atoms with van der Waals surface area (Å²) in [5.74, 6) is 0.902. The van der Waals surface area contributed by atoms with Crippen LogP contribution in [0.1, 0.15) is 24.2 Å². The molecule has 0 aliphatic carbocycles. The van der Waals surface area contributed by atoms with Gasteiger partial charge in [-0.25, -0.2) is 0 Å². The zero-order valence-electron chi connectivity index (χ0n) is 14.6. The van der Waals surface area contributed by atoms with Crippen molar-refractivity contribution < 1.29 is 9.53 Å². The van der Waals surface area contributed by atoms with Crippen LogP contribution in [0.4, 0.5) is 0 Å². The molecular weight excluding hydrogens is 290 g/mol. The van der Waals surface area contributed by atoms with Gasteiger partial charge >= 0.3 is 0 Å². The van der Waals surface area contributed by atoms with Crippen LogP contribution in [0, 0.1) is 0 Å². The van der Waals surface area contributed by atoms with Crippen molar-refractivity contribution in [1.82, 2.24) is 14.7 Å². The second kappa shape index (κ2) is 8.89. The quantitative estimate of drug-likeness (QED) is 0.768. The summed E-state index contributed by atoms with van der Waals surface area (Å²) >= 11 is 0. The SMILES string of the molecule is CCN(CC)CCN1CCN(C(=O)c2ccc(OC)cc2)CC1. The third-order valence-corrected chi connectivity index (χ3v) is 4.62. The van der Waals surface area contributed by atoms with E-state index >= 15 is 0 Å². The molecule has 2 rings (SSSR count). The molecule has 1 aliphatic heterocycles. The maximum Gasteiger partial charge on any atom is 0.253 e. The van der Waals surface area contributed by atoms with E-state index in [1.54, 1.807) is 7.11 Å². The Morgan fingerprint density at radius 1 is 1.09 bits per heavy atom. The number of hydrogen-bond donors (Lipinski definition) is 0. The Morgan fingerprint density at radius 3 is 2.22 bits per heavy atom. The molecule has 1 heterocycles. The molecule has 1 fully saturated rings. The second-order valence-electron chi connectivity index (χ2n) is 5.89. The first-order chi connectivity index (χ1) is 11.2. The van der Waals surface area contributed by atoms with Gasteiger partial charge in [-0.3, -0.25) is 9.69 Å². The number of ether oxygens (including phenoxy) is 1. The molecule has 0 atom stereocenters. The fraction of sp³-hybridized carbons (Fsp3) is 0.611. The molecule has 128 valence electrons. The van der Waals surface area contributed by atoms with Crippen molar-refractivity contribution in [2.75, 3.05) is 59.5 Å². The van der Waals surface area contributed by atoms with Crippen LogP contribution in [0.5, 0.6) is 5.75 Å². The molecule has 0 saturated carbocycles. The van der Waals surface area contributed by atoms with Crippen molar-refractivity contribution in [2.24, 2.45) is 0 Å². The van der Waals surface area contributed by atoms with Gasteiger partial charge < -0.3 is 14.5 Å². The first kappa shape index (κ1) is 17.8. The van der Waals surface area contributed by atoms with Crippen LogP contribution in [0.25, 0.3) is 0 Å². The van der Waals surface area contributed by atoms with Crippen molar-refractivity contribution >= 4 is 5.91 Å². The van der Waals surface area contributed by atoms with Gasteiger partial charge in [0.2, 0.25) is 0 Å². The molecular formula is C18H29N3O2. The Kier molecular flexibility index (Phi) is 6.86. The van der Waals surface area contributed by atoms with Crippen molar-refractivity contribution in [3.8, 4) is 5.75 Å². The zero-order chi connectivity index (χ0) is 16.7. The first-order valence-electron chi connectivity index (χ1n) is 8.56. The highest BCUT2D eigenvalue weighted by Crippen LogP contribution is 2.14. The molecule has 1 aliphatic rings. The Balaban J connectivity index is 1.80. The first-order valence-corrected chi connectivity index (χ1v) is 8.56. The van der Waals surface area contributed by atoms with Gasteiger partial charge in [0.25, 0.3) is 5.91 Å². The summed E-state index contributed by atoms with van der Waals surface area (Å²) in [6.45, 7) is 12.4. The van der Waals surface area contributed by atoms with Gasteiger partial charge in [-0.2, -0.15) is 0 Å². The number of carbonyl (C=O) groups is 1. The summed E-state index contributed by atoms with van der Waals surface area (Å²) in [6.07, 6.45) is 0. The number of hydrogen-bond acceptors (Lipinski definition) is 4. The van der Waals surface area contributed by atoms with Crippen molar-refractivity contribution in [2.45, 2.75) is 13.8 Å². The number of amides is 1. The van der Waals surface area contributed by atoms with Crippen LogP contribution in [0.3, 0.4) is 0 Å². The predicted molar refractivity (Wildman–Crippen MR) is 93.1 cm³/mol. The fourth-order valence-corrected chi connectivity index (χ4v) is 2.91. The van der Waals surface area contributed by atoms with E-state index in [1.165, 1.54) is 0 Å². The summed E-state index contributed by atoms with van der Waals surface area (Å²) in [6, 6.07) is 7.36. The lowest BCUT2D eigenvalue weighted by atomic mass is 10.1. The summed E-state index contributed by atoms with van der Waals surface area (Å²) in [5.41, 5.74) is 0.738. The maximum absolute atomic E-state index is 12.5. The van der Waals surface area contributed by atoms with E-state index in [2.05, 4.69) is 23.6 Å². The fourth-order valence-electron chi connectivity index (χ4n) is 2.91. The average Bonchev–Trinajstić information content (AvgIpc) is 2.62. The largest absolute Gasteiger partial charge is 0.497 e. The van der Waals surface area contributed by atoms with E-state index in [1.807, 2.05) is 29.2 Å². The average molecular weight is 319 g/mol. The highest BCUT2D eigenvalue weighted by atomic mass is 16.5. The van der Waals surface area contributed by atoms with Gasteiger partial charge in [0.15, 0.2) is 0 Å². The molecule has 0 bridgehead atoms. The predicted octanol–water partition coefficient (Wildman–Crippen LogP) is 1.79. The molecule has 0 unspecified atom stereocenters. The minimum atomic E-state index is 0.121. The zero-order valence-corrected chi connectivity index (χ0v) is 14.6. The van der Waals surface area contributed by atoms with E-state index in [4.69, 9.17) is 4.74 Å². The minimum absolute atomic E-state index is 0.121. The van der Waals surface area contributed by atoms with Crippen LogP contribution in [0.15, 0.2) is 24.3 Å². The lowest BCUT2D eigenvalue weighted by Gasteiger charge is -2.35. The Morgan fingerprint density at radius 2 is 1.70 bits per heavy atom. The molecule has 5 nitrogen and oxygen atoms in total. The lowest BCUT2D eigenvalue weighted by Crippen LogP contribution is -2.50. The maximum atomic E-state index is 12.5. The number of benzene rings is 1. The van der Waals surface area contributed by atoms with E-state index in [9.17, 15) is 4.79 Å². The summed E-state index contributed by atoms with van der Waals surface area (Å²) in [5, 5.41) is 0. The molecule has 0 radical (unpaired) electrons. The molecule has 0 N–H and O–H groups in total. The smallest absolute Gasteiger partial charge is 0.253 e. The number of likely N-dealkylation sites (N-methyl/N-ethyl adjacent to an activating group) is 1. The van der Waals surface area contributed by atoms with Crippen molar-refractivity contribution in [3.63, 3.8) is 0 Å². The number of nitrogens with zero attached hydrogens (tertiary/aromatic N) is 3. The van der Waals surface area contributed by atoms with E-state index in [0.717, 1.165) is 63.7 Å². The van der Waals surface area contributed by atoms with Crippen LogP contribution in [-0.4, -0.2) is 80.1 Å². The van der Waals surface area contributed by atoms with Gasteiger partial charge in [0.1, 0.15) is 5.75 Å². The molecule has 0 aromatic heterocycles. The molecule has 1 aromatic rings. The third kappa shape index (κ3) is 4.94. The van der Waals surface area contributed by atoms with Gasteiger partial charge in [0.05, 0.1) is 7.11 Å². The minimum Gasteiger partial charge on any atom is -0.497 e. The molecule has 5 heteroatoms. The van der Waals surface area contributed by atoms with Gasteiger partial charge in [-0.1, -0.05) is 13.8 Å². The monoisotopic (exact) mass is 319 g/mol. The van der Waals surface area contributed by atoms with Gasteiger partial charge in [-0.15, -0.1) is 0 Å². The van der Waals surface area contributed by atoms with E-state index < -0.39 is 0 Å². The molecule has 0 spiro atoms. The Labute approximate surface area is 139 Å². The summed E-state index contributed by atoms with van der Waals surface area (Å²) in [7, 11) is 1.63. The number of methoxy groups -OCH3 is 1.